The summed E-state index contributed by atoms with van der Waals surface area (Å²) in [4.78, 5) is 9.26. The van der Waals surface area contributed by atoms with Gasteiger partial charge < -0.3 is 9.63 Å². The largest absolute Gasteiger partial charge is 0.394 e. The average molecular weight is 334 g/mol. The molecule has 1 aliphatic rings. The van der Waals surface area contributed by atoms with Crippen LogP contribution in [-0.2, 0) is 19.5 Å². The van der Waals surface area contributed by atoms with Gasteiger partial charge in [0.15, 0.2) is 5.82 Å². The highest BCUT2D eigenvalue weighted by Crippen LogP contribution is 2.20. The summed E-state index contributed by atoms with van der Waals surface area (Å²) in [6, 6.07) is 0.159. The van der Waals surface area contributed by atoms with E-state index in [4.69, 9.17) is 9.63 Å². The Morgan fingerprint density at radius 2 is 2.08 bits per heavy atom. The topological polar surface area (TPSA) is 83.5 Å². The molecular formula is C16H26N6O2. The molecule has 1 aliphatic heterocycles. The summed E-state index contributed by atoms with van der Waals surface area (Å²) in [5.41, 5.74) is 1.19. The number of rotatable bonds is 7. The molecule has 0 aliphatic carbocycles. The first-order valence-electron chi connectivity index (χ1n) is 8.60. The maximum atomic E-state index is 8.95. The lowest BCUT2D eigenvalue weighted by molar-refractivity contribution is 0.0845. The molecule has 1 fully saturated rings. The summed E-state index contributed by atoms with van der Waals surface area (Å²) >= 11 is 0. The monoisotopic (exact) mass is 334 g/mol. The van der Waals surface area contributed by atoms with Crippen molar-refractivity contribution in [3.8, 4) is 0 Å². The molecule has 3 rings (SSSR count). The van der Waals surface area contributed by atoms with Gasteiger partial charge in [-0.1, -0.05) is 12.1 Å². The molecule has 0 amide bonds. The van der Waals surface area contributed by atoms with Crippen LogP contribution in [0.15, 0.2) is 16.9 Å². The van der Waals surface area contributed by atoms with Gasteiger partial charge in [-0.3, -0.25) is 14.5 Å². The van der Waals surface area contributed by atoms with Gasteiger partial charge in [0, 0.05) is 50.9 Å². The van der Waals surface area contributed by atoms with Gasteiger partial charge in [-0.05, 0) is 6.92 Å². The van der Waals surface area contributed by atoms with E-state index >= 15 is 0 Å². The Morgan fingerprint density at radius 3 is 2.75 bits per heavy atom. The average Bonchev–Trinajstić information content (AvgIpc) is 3.25. The highest BCUT2D eigenvalue weighted by molar-refractivity contribution is 5.04. The predicted molar refractivity (Wildman–Crippen MR) is 88.3 cm³/mol. The van der Waals surface area contributed by atoms with E-state index in [0.717, 1.165) is 45.0 Å². The van der Waals surface area contributed by atoms with Gasteiger partial charge in [-0.25, -0.2) is 0 Å². The molecule has 1 N–H and O–H groups in total. The van der Waals surface area contributed by atoms with E-state index in [0.29, 0.717) is 12.4 Å². The third kappa shape index (κ3) is 4.00. The van der Waals surface area contributed by atoms with E-state index in [9.17, 15) is 0 Å². The molecule has 8 heteroatoms. The Morgan fingerprint density at radius 1 is 1.29 bits per heavy atom. The van der Waals surface area contributed by atoms with Crippen molar-refractivity contribution in [1.82, 2.24) is 29.7 Å². The van der Waals surface area contributed by atoms with E-state index in [-0.39, 0.29) is 12.6 Å². The van der Waals surface area contributed by atoms with Gasteiger partial charge in [-0.15, -0.1) is 0 Å². The second-order valence-corrected chi connectivity index (χ2v) is 6.23. The number of piperazine rings is 1. The molecular weight excluding hydrogens is 308 g/mol. The summed E-state index contributed by atoms with van der Waals surface area (Å²) in [5, 5.41) is 17.2. The molecule has 0 spiro atoms. The van der Waals surface area contributed by atoms with Crippen LogP contribution >= 0.6 is 0 Å². The molecule has 2 aromatic rings. The first-order valence-corrected chi connectivity index (χ1v) is 8.60. The predicted octanol–water partition coefficient (Wildman–Crippen LogP) is 0.700. The van der Waals surface area contributed by atoms with Crippen molar-refractivity contribution < 1.29 is 9.63 Å². The number of aryl methyl sites for hydroxylation is 1. The number of aliphatic hydroxyl groups is 1. The van der Waals surface area contributed by atoms with Crippen molar-refractivity contribution in [1.29, 1.82) is 0 Å². The van der Waals surface area contributed by atoms with Gasteiger partial charge in [0.1, 0.15) is 0 Å². The van der Waals surface area contributed by atoms with Gasteiger partial charge in [0.2, 0.25) is 5.89 Å². The Hall–Kier alpha value is -1.77. The van der Waals surface area contributed by atoms with Crippen LogP contribution in [0.25, 0.3) is 0 Å². The summed E-state index contributed by atoms with van der Waals surface area (Å²) in [6.07, 6.45) is 4.69. The maximum Gasteiger partial charge on any atom is 0.243 e. The molecule has 24 heavy (non-hydrogen) atoms. The molecule has 0 saturated carbocycles. The molecule has 0 bridgehead atoms. The molecule has 132 valence electrons. The van der Waals surface area contributed by atoms with Crippen molar-refractivity contribution in [2.24, 2.45) is 0 Å². The Balaban J connectivity index is 1.49. The molecule has 0 radical (unpaired) electrons. The zero-order chi connectivity index (χ0) is 16.9. The molecule has 0 aromatic carbocycles. The van der Waals surface area contributed by atoms with Crippen LogP contribution in [0.5, 0.6) is 0 Å². The SMILES string of the molecule is CCc1noc([C@@H](C)N2CCN(Cc3cnn(CCO)c3)CC2)n1. The number of aliphatic hydroxyl groups excluding tert-OH is 1. The number of hydrogen-bond acceptors (Lipinski definition) is 7. The Labute approximate surface area is 142 Å². The molecule has 2 aromatic heterocycles. The van der Waals surface area contributed by atoms with Gasteiger partial charge in [0.05, 0.1) is 25.4 Å². The second-order valence-electron chi connectivity index (χ2n) is 6.23. The van der Waals surface area contributed by atoms with Crippen LogP contribution in [0.3, 0.4) is 0 Å². The van der Waals surface area contributed by atoms with Crippen molar-refractivity contribution in [2.75, 3.05) is 32.8 Å². The third-order valence-electron chi connectivity index (χ3n) is 4.53. The number of hydrogen-bond donors (Lipinski definition) is 1. The van der Waals surface area contributed by atoms with Gasteiger partial charge in [-0.2, -0.15) is 10.1 Å². The molecule has 0 unspecified atom stereocenters. The standard InChI is InChI=1S/C16H26N6O2/c1-3-15-18-16(24-19-15)13(2)21-6-4-20(5-7-21)11-14-10-17-22(12-14)8-9-23/h10,12-13,23H,3-9,11H2,1-2H3/t13-/m1/s1. The van der Waals surface area contributed by atoms with E-state index in [1.54, 1.807) is 4.68 Å². The lowest BCUT2D eigenvalue weighted by Crippen LogP contribution is -2.46. The number of aromatic nitrogens is 4. The second kappa shape index (κ2) is 7.87. The quantitative estimate of drug-likeness (QED) is 0.798. The van der Waals surface area contributed by atoms with Gasteiger partial charge >= 0.3 is 0 Å². The fourth-order valence-electron chi connectivity index (χ4n) is 3.02. The minimum Gasteiger partial charge on any atom is -0.394 e. The Bertz CT molecular complexity index is 632. The van der Waals surface area contributed by atoms with Crippen molar-refractivity contribution >= 4 is 0 Å². The zero-order valence-electron chi connectivity index (χ0n) is 14.4. The van der Waals surface area contributed by atoms with Crippen molar-refractivity contribution in [3.05, 3.63) is 29.7 Å². The van der Waals surface area contributed by atoms with Crippen LogP contribution < -0.4 is 0 Å². The Kier molecular flexibility index (Phi) is 5.60. The van der Waals surface area contributed by atoms with E-state index in [1.165, 1.54) is 5.56 Å². The summed E-state index contributed by atoms with van der Waals surface area (Å²) in [7, 11) is 0. The smallest absolute Gasteiger partial charge is 0.243 e. The molecule has 1 saturated heterocycles. The fraction of sp³-hybridized carbons (Fsp3) is 0.688. The lowest BCUT2D eigenvalue weighted by Gasteiger charge is -2.36. The molecule has 3 heterocycles. The minimum atomic E-state index is 0.118. The van der Waals surface area contributed by atoms with E-state index < -0.39 is 0 Å². The van der Waals surface area contributed by atoms with E-state index in [2.05, 4.69) is 32.0 Å². The van der Waals surface area contributed by atoms with Crippen molar-refractivity contribution in [3.63, 3.8) is 0 Å². The van der Waals surface area contributed by atoms with Crippen LogP contribution in [0.2, 0.25) is 0 Å². The highest BCUT2D eigenvalue weighted by Gasteiger charge is 2.25. The zero-order valence-corrected chi connectivity index (χ0v) is 14.4. The first-order chi connectivity index (χ1) is 11.7. The summed E-state index contributed by atoms with van der Waals surface area (Å²) in [6.45, 7) is 9.69. The maximum absolute atomic E-state index is 8.95. The van der Waals surface area contributed by atoms with Gasteiger partial charge in [0.25, 0.3) is 0 Å². The molecule has 1 atom stereocenters. The van der Waals surface area contributed by atoms with E-state index in [1.807, 2.05) is 19.3 Å². The van der Waals surface area contributed by atoms with Crippen LogP contribution in [0.4, 0.5) is 0 Å². The number of nitrogens with zero attached hydrogens (tertiary/aromatic N) is 6. The lowest BCUT2D eigenvalue weighted by atomic mass is 10.2. The van der Waals surface area contributed by atoms with Crippen LogP contribution in [0, 0.1) is 0 Å². The minimum absolute atomic E-state index is 0.118. The first kappa shape index (κ1) is 17.1. The molecule has 8 nitrogen and oxygen atoms in total. The summed E-state index contributed by atoms with van der Waals surface area (Å²) in [5.74, 6) is 1.49. The highest BCUT2D eigenvalue weighted by atomic mass is 16.5. The summed E-state index contributed by atoms with van der Waals surface area (Å²) < 4.78 is 7.16. The third-order valence-corrected chi connectivity index (χ3v) is 4.53. The van der Waals surface area contributed by atoms with Crippen LogP contribution in [0.1, 0.15) is 37.2 Å². The fourth-order valence-corrected chi connectivity index (χ4v) is 3.02. The normalized spacial score (nSPS) is 18.1. The van der Waals surface area contributed by atoms with Crippen molar-refractivity contribution in [2.45, 2.75) is 39.4 Å². The van der Waals surface area contributed by atoms with Crippen LogP contribution in [-0.4, -0.2) is 67.6 Å².